The molecule has 0 spiro atoms. The second kappa shape index (κ2) is 6.32. The van der Waals surface area contributed by atoms with Crippen LogP contribution in [0.25, 0.3) is 16.8 Å². The molecule has 24 heavy (non-hydrogen) atoms. The van der Waals surface area contributed by atoms with Crippen molar-refractivity contribution < 1.29 is 9.90 Å². The number of carboxylic acids is 1. The van der Waals surface area contributed by atoms with E-state index in [-0.39, 0.29) is 5.92 Å². The van der Waals surface area contributed by atoms with Gasteiger partial charge in [-0.25, -0.2) is 9.78 Å². The Labute approximate surface area is 141 Å². The van der Waals surface area contributed by atoms with Crippen molar-refractivity contribution in [3.8, 4) is 16.8 Å². The minimum absolute atomic E-state index is 0.244. The second-order valence-corrected chi connectivity index (χ2v) is 6.15. The van der Waals surface area contributed by atoms with Crippen LogP contribution in [0.5, 0.6) is 0 Å². The summed E-state index contributed by atoms with van der Waals surface area (Å²) in [5, 5.41) is 9.61. The molecule has 0 amide bonds. The van der Waals surface area contributed by atoms with Crippen LogP contribution in [0.1, 0.15) is 41.5 Å². The predicted octanol–water partition coefficient (Wildman–Crippen LogP) is 4.67. The highest BCUT2D eigenvalue weighted by Crippen LogP contribution is 2.29. The van der Waals surface area contributed by atoms with Gasteiger partial charge in [-0.1, -0.05) is 44.2 Å². The molecule has 1 heterocycles. The SMILES string of the molecule is Cc1c(C(=O)O)cc(-c2ccccc2)cc1-n1ccnc1C(C)C. The Kier molecular flexibility index (Phi) is 4.21. The van der Waals surface area contributed by atoms with Crippen LogP contribution in [0.2, 0.25) is 0 Å². The van der Waals surface area contributed by atoms with Gasteiger partial charge >= 0.3 is 5.97 Å². The highest BCUT2D eigenvalue weighted by Gasteiger charge is 2.17. The molecule has 1 aromatic heterocycles. The van der Waals surface area contributed by atoms with Gasteiger partial charge in [0.1, 0.15) is 5.82 Å². The largest absolute Gasteiger partial charge is 0.478 e. The number of benzene rings is 2. The number of hydrogen-bond acceptors (Lipinski definition) is 2. The average Bonchev–Trinajstić information content (AvgIpc) is 3.05. The van der Waals surface area contributed by atoms with E-state index in [1.807, 2.05) is 54.1 Å². The zero-order valence-electron chi connectivity index (χ0n) is 14.0. The van der Waals surface area contributed by atoms with Crippen molar-refractivity contribution in [1.29, 1.82) is 0 Å². The van der Waals surface area contributed by atoms with Crippen LogP contribution in [0, 0.1) is 6.92 Å². The molecule has 0 aliphatic carbocycles. The third-order valence-corrected chi connectivity index (χ3v) is 4.16. The first kappa shape index (κ1) is 16.0. The number of nitrogens with zero attached hydrogens (tertiary/aromatic N) is 2. The van der Waals surface area contributed by atoms with Crippen LogP contribution in [-0.4, -0.2) is 20.6 Å². The second-order valence-electron chi connectivity index (χ2n) is 6.15. The first-order chi connectivity index (χ1) is 11.5. The van der Waals surface area contributed by atoms with Crippen LogP contribution in [0.3, 0.4) is 0 Å². The maximum absolute atomic E-state index is 11.7. The maximum Gasteiger partial charge on any atom is 0.336 e. The van der Waals surface area contributed by atoms with Gasteiger partial charge < -0.3 is 9.67 Å². The minimum atomic E-state index is -0.919. The van der Waals surface area contributed by atoms with Gasteiger partial charge in [-0.2, -0.15) is 0 Å². The van der Waals surface area contributed by atoms with Gasteiger partial charge in [0, 0.05) is 18.3 Å². The number of aromatic nitrogens is 2. The van der Waals surface area contributed by atoms with Crippen molar-refractivity contribution in [2.75, 3.05) is 0 Å². The van der Waals surface area contributed by atoms with E-state index in [2.05, 4.69) is 18.8 Å². The summed E-state index contributed by atoms with van der Waals surface area (Å²) in [6.07, 6.45) is 3.64. The lowest BCUT2D eigenvalue weighted by Crippen LogP contribution is -2.08. The van der Waals surface area contributed by atoms with E-state index in [1.165, 1.54) is 0 Å². The first-order valence-corrected chi connectivity index (χ1v) is 7.96. The number of carboxylic acid groups (broad SMARTS) is 1. The highest BCUT2D eigenvalue weighted by atomic mass is 16.4. The Hall–Kier alpha value is -2.88. The molecular weight excluding hydrogens is 300 g/mol. The molecule has 4 nitrogen and oxygen atoms in total. The molecule has 0 radical (unpaired) electrons. The smallest absolute Gasteiger partial charge is 0.336 e. The normalized spacial score (nSPS) is 11.0. The fraction of sp³-hybridized carbons (Fsp3) is 0.200. The van der Waals surface area contributed by atoms with E-state index in [0.717, 1.165) is 28.2 Å². The van der Waals surface area contributed by atoms with E-state index in [0.29, 0.717) is 5.56 Å². The average molecular weight is 320 g/mol. The number of aromatic carboxylic acids is 1. The fourth-order valence-corrected chi connectivity index (χ4v) is 2.91. The summed E-state index contributed by atoms with van der Waals surface area (Å²) in [6.45, 7) is 6.00. The molecule has 0 unspecified atom stereocenters. The lowest BCUT2D eigenvalue weighted by molar-refractivity contribution is 0.0696. The third kappa shape index (κ3) is 2.83. The Morgan fingerprint density at radius 2 is 1.83 bits per heavy atom. The number of rotatable bonds is 4. The van der Waals surface area contributed by atoms with Crippen molar-refractivity contribution in [2.45, 2.75) is 26.7 Å². The molecule has 122 valence electrons. The summed E-state index contributed by atoms with van der Waals surface area (Å²) in [5.41, 5.74) is 3.79. The molecule has 3 aromatic rings. The molecule has 0 aliphatic rings. The van der Waals surface area contributed by atoms with Crippen molar-refractivity contribution >= 4 is 5.97 Å². The monoisotopic (exact) mass is 320 g/mol. The highest BCUT2D eigenvalue weighted by molar-refractivity contribution is 5.92. The molecule has 0 saturated heterocycles. The Bertz CT molecular complexity index is 880. The fourth-order valence-electron chi connectivity index (χ4n) is 2.91. The molecule has 0 bridgehead atoms. The van der Waals surface area contributed by atoms with Gasteiger partial charge in [0.05, 0.1) is 11.3 Å². The van der Waals surface area contributed by atoms with Crippen LogP contribution in [0.4, 0.5) is 0 Å². The summed E-state index contributed by atoms with van der Waals surface area (Å²) >= 11 is 0. The first-order valence-electron chi connectivity index (χ1n) is 7.96. The van der Waals surface area contributed by atoms with Crippen LogP contribution in [-0.2, 0) is 0 Å². The minimum Gasteiger partial charge on any atom is -0.478 e. The Balaban J connectivity index is 2.27. The van der Waals surface area contributed by atoms with E-state index in [1.54, 1.807) is 12.3 Å². The lowest BCUT2D eigenvalue weighted by atomic mass is 9.97. The maximum atomic E-state index is 11.7. The van der Waals surface area contributed by atoms with Gasteiger partial charge in [0.25, 0.3) is 0 Å². The summed E-state index contributed by atoms with van der Waals surface area (Å²) in [4.78, 5) is 16.1. The van der Waals surface area contributed by atoms with Gasteiger partial charge in [0.2, 0.25) is 0 Å². The zero-order chi connectivity index (χ0) is 17.3. The molecule has 0 aliphatic heterocycles. The molecule has 1 N–H and O–H groups in total. The summed E-state index contributed by atoms with van der Waals surface area (Å²) < 4.78 is 1.98. The molecule has 4 heteroatoms. The Morgan fingerprint density at radius 1 is 1.12 bits per heavy atom. The quantitative estimate of drug-likeness (QED) is 0.760. The Morgan fingerprint density at radius 3 is 2.46 bits per heavy atom. The van der Waals surface area contributed by atoms with Crippen LogP contribution in [0.15, 0.2) is 54.9 Å². The van der Waals surface area contributed by atoms with Crippen molar-refractivity contribution in [1.82, 2.24) is 9.55 Å². The van der Waals surface area contributed by atoms with Gasteiger partial charge in [-0.15, -0.1) is 0 Å². The van der Waals surface area contributed by atoms with Gasteiger partial charge in [-0.3, -0.25) is 0 Å². The van der Waals surface area contributed by atoms with Crippen molar-refractivity contribution in [3.63, 3.8) is 0 Å². The van der Waals surface area contributed by atoms with Crippen molar-refractivity contribution in [3.05, 3.63) is 71.8 Å². The third-order valence-electron chi connectivity index (χ3n) is 4.16. The number of hydrogen-bond donors (Lipinski definition) is 1. The number of carbonyl (C=O) groups is 1. The van der Waals surface area contributed by atoms with E-state index < -0.39 is 5.97 Å². The van der Waals surface area contributed by atoms with Gasteiger partial charge in [0.15, 0.2) is 0 Å². The van der Waals surface area contributed by atoms with Crippen molar-refractivity contribution in [2.24, 2.45) is 0 Å². The van der Waals surface area contributed by atoms with Gasteiger partial charge in [-0.05, 0) is 35.7 Å². The number of imidazole rings is 1. The molecule has 0 atom stereocenters. The standard InChI is InChI=1S/C20H20N2O2/c1-13(2)19-21-9-10-22(19)18-12-16(15-7-5-4-6-8-15)11-17(14(18)3)20(23)24/h4-13H,1-3H3,(H,23,24). The predicted molar refractivity (Wildman–Crippen MR) is 94.8 cm³/mol. The molecular formula is C20H20N2O2. The summed E-state index contributed by atoms with van der Waals surface area (Å²) in [7, 11) is 0. The lowest BCUT2D eigenvalue weighted by Gasteiger charge is -2.16. The topological polar surface area (TPSA) is 55.1 Å². The summed E-state index contributed by atoms with van der Waals surface area (Å²) in [6, 6.07) is 13.6. The van der Waals surface area contributed by atoms with E-state index in [9.17, 15) is 9.90 Å². The summed E-state index contributed by atoms with van der Waals surface area (Å²) in [5.74, 6) is 0.241. The zero-order valence-corrected chi connectivity index (χ0v) is 14.0. The molecule has 2 aromatic carbocycles. The molecule has 0 fully saturated rings. The molecule has 3 rings (SSSR count). The van der Waals surface area contributed by atoms with E-state index in [4.69, 9.17) is 0 Å². The molecule has 0 saturated carbocycles. The van der Waals surface area contributed by atoms with E-state index >= 15 is 0 Å². The van der Waals surface area contributed by atoms with Crippen LogP contribution >= 0.6 is 0 Å². The van der Waals surface area contributed by atoms with Crippen LogP contribution < -0.4 is 0 Å².